The SMILES string of the molecule is B.CCCC(C)C1(CC)C(=O)N=C(O)NC1=O.[NaH]. The molecule has 5 nitrogen and oxygen atoms in total. The number of carbonyl (C=O) groups is 2. The summed E-state index contributed by atoms with van der Waals surface area (Å²) in [6.07, 6.45) is 2.08. The van der Waals surface area contributed by atoms with Gasteiger partial charge in [0.05, 0.1) is 8.41 Å². The fourth-order valence-corrected chi connectivity index (χ4v) is 2.31. The molecule has 0 saturated carbocycles. The molecular formula is C11H22BN2NaO3. The molecule has 0 saturated heterocycles. The van der Waals surface area contributed by atoms with Crippen molar-refractivity contribution in [3.63, 3.8) is 0 Å². The Hall–Kier alpha value is -0.325. The number of hydrogen-bond acceptors (Lipinski definition) is 2. The van der Waals surface area contributed by atoms with Gasteiger partial charge in [-0.15, -0.1) is 0 Å². The number of aliphatic hydroxyl groups is 1. The summed E-state index contributed by atoms with van der Waals surface area (Å²) in [4.78, 5) is 27.2. The van der Waals surface area contributed by atoms with E-state index in [4.69, 9.17) is 5.11 Å². The average Bonchev–Trinajstić information content (AvgIpc) is 2.18. The first kappa shape index (κ1) is 20.0. The predicted octanol–water partition coefficient (Wildman–Crippen LogP) is -0.443. The number of nitrogens with one attached hydrogen (secondary N) is 1. The van der Waals surface area contributed by atoms with Crippen molar-refractivity contribution in [3.05, 3.63) is 0 Å². The van der Waals surface area contributed by atoms with Gasteiger partial charge in [0.15, 0.2) is 0 Å². The van der Waals surface area contributed by atoms with Crippen LogP contribution < -0.4 is 5.32 Å². The van der Waals surface area contributed by atoms with Crippen molar-refractivity contribution in [1.29, 1.82) is 0 Å². The molecular weight excluding hydrogens is 242 g/mol. The van der Waals surface area contributed by atoms with E-state index in [9.17, 15) is 9.59 Å². The van der Waals surface area contributed by atoms with Crippen molar-refractivity contribution >= 4 is 55.8 Å². The van der Waals surface area contributed by atoms with Crippen LogP contribution in [0.2, 0.25) is 0 Å². The van der Waals surface area contributed by atoms with Gasteiger partial charge in [-0.05, 0) is 18.8 Å². The molecule has 0 aliphatic carbocycles. The third-order valence-corrected chi connectivity index (χ3v) is 3.34. The Bertz CT molecular complexity index is 349. The van der Waals surface area contributed by atoms with Gasteiger partial charge in [-0.3, -0.25) is 14.9 Å². The average molecular weight is 264 g/mol. The molecule has 1 aliphatic rings. The molecule has 7 heteroatoms. The van der Waals surface area contributed by atoms with Crippen LogP contribution >= 0.6 is 0 Å². The normalized spacial score (nSPS) is 24.3. The summed E-state index contributed by atoms with van der Waals surface area (Å²) >= 11 is 0. The molecule has 2 amide bonds. The zero-order chi connectivity index (χ0) is 12.3. The molecule has 0 aromatic carbocycles. The fraction of sp³-hybridized carbons (Fsp3) is 0.727. The van der Waals surface area contributed by atoms with Crippen LogP contribution in [0.3, 0.4) is 0 Å². The third kappa shape index (κ3) is 3.36. The van der Waals surface area contributed by atoms with Crippen LogP contribution in [-0.2, 0) is 9.59 Å². The molecule has 18 heavy (non-hydrogen) atoms. The van der Waals surface area contributed by atoms with Crippen LogP contribution in [0.15, 0.2) is 4.99 Å². The molecule has 0 aromatic heterocycles. The molecule has 2 unspecified atom stereocenters. The van der Waals surface area contributed by atoms with E-state index in [2.05, 4.69) is 10.3 Å². The molecule has 1 heterocycles. The van der Waals surface area contributed by atoms with Gasteiger partial charge in [-0.25, -0.2) is 0 Å². The summed E-state index contributed by atoms with van der Waals surface area (Å²) < 4.78 is 0. The van der Waals surface area contributed by atoms with E-state index in [1.54, 1.807) is 6.92 Å². The Balaban J connectivity index is 0. The van der Waals surface area contributed by atoms with Crippen LogP contribution in [0.25, 0.3) is 0 Å². The molecule has 0 bridgehead atoms. The van der Waals surface area contributed by atoms with Crippen LogP contribution in [-0.4, -0.2) is 60.9 Å². The van der Waals surface area contributed by atoms with Gasteiger partial charge in [0.25, 0.3) is 11.9 Å². The van der Waals surface area contributed by atoms with E-state index in [0.717, 1.165) is 12.8 Å². The Labute approximate surface area is 132 Å². The first-order chi connectivity index (χ1) is 7.48. The number of aliphatic imine (C=N–C) groups is 1. The molecule has 98 valence electrons. The quantitative estimate of drug-likeness (QED) is 0.533. The minimum atomic E-state index is -1.11. The van der Waals surface area contributed by atoms with Crippen molar-refractivity contribution < 1.29 is 14.7 Å². The van der Waals surface area contributed by atoms with Crippen LogP contribution in [0.4, 0.5) is 0 Å². The summed E-state index contributed by atoms with van der Waals surface area (Å²) in [6.45, 7) is 5.68. The van der Waals surface area contributed by atoms with E-state index in [1.165, 1.54) is 0 Å². The van der Waals surface area contributed by atoms with E-state index < -0.39 is 23.3 Å². The van der Waals surface area contributed by atoms with Gasteiger partial charge in [-0.2, -0.15) is 4.99 Å². The number of rotatable bonds is 4. The van der Waals surface area contributed by atoms with Gasteiger partial charge < -0.3 is 5.11 Å². The second-order valence-electron chi connectivity index (χ2n) is 4.21. The topological polar surface area (TPSA) is 78.8 Å². The molecule has 1 aliphatic heterocycles. The number of aliphatic hydroxyl groups excluding tert-OH is 1. The van der Waals surface area contributed by atoms with Crippen LogP contribution in [0.1, 0.15) is 40.0 Å². The van der Waals surface area contributed by atoms with Gasteiger partial charge in [0, 0.05) is 0 Å². The van der Waals surface area contributed by atoms with Crippen molar-refractivity contribution in [1.82, 2.24) is 5.32 Å². The molecule has 2 atom stereocenters. The summed E-state index contributed by atoms with van der Waals surface area (Å²) in [5.41, 5.74) is -1.11. The van der Waals surface area contributed by atoms with Crippen molar-refractivity contribution in [3.8, 4) is 0 Å². The molecule has 0 radical (unpaired) electrons. The maximum absolute atomic E-state index is 11.9. The Morgan fingerprint density at radius 3 is 2.33 bits per heavy atom. The van der Waals surface area contributed by atoms with E-state index >= 15 is 0 Å². The van der Waals surface area contributed by atoms with E-state index in [-0.39, 0.29) is 43.9 Å². The standard InChI is InChI=1S/C11H18N2O3.BH3.Na.H/c1-4-6-7(3)11(5-2)8(14)12-10(16)13-9(11)15;;;/h7H,4-6H2,1-3H3,(H2,12,13,14,15,16);1H3;;. The second-order valence-corrected chi connectivity index (χ2v) is 4.21. The number of amidine groups is 1. The van der Waals surface area contributed by atoms with Gasteiger partial charge in [0.1, 0.15) is 5.41 Å². The Kier molecular flexibility index (Phi) is 8.85. The van der Waals surface area contributed by atoms with E-state index in [0.29, 0.717) is 6.42 Å². The zero-order valence-corrected chi connectivity index (χ0v) is 9.91. The van der Waals surface area contributed by atoms with E-state index in [1.807, 2.05) is 13.8 Å². The number of amides is 2. The first-order valence-corrected chi connectivity index (χ1v) is 5.62. The third-order valence-electron chi connectivity index (χ3n) is 3.34. The summed E-state index contributed by atoms with van der Waals surface area (Å²) in [5.74, 6) is -1.04. The minimum absolute atomic E-state index is 0. The number of carbonyl (C=O) groups excluding carboxylic acids is 2. The molecule has 0 fully saturated rings. The maximum atomic E-state index is 11.9. The van der Waals surface area contributed by atoms with Crippen molar-refractivity contribution in [2.45, 2.75) is 40.0 Å². The molecule has 0 spiro atoms. The van der Waals surface area contributed by atoms with Gasteiger partial charge in [0.2, 0.25) is 5.91 Å². The van der Waals surface area contributed by atoms with Crippen LogP contribution in [0, 0.1) is 11.3 Å². The predicted molar refractivity (Wildman–Crippen MR) is 77.1 cm³/mol. The second kappa shape index (κ2) is 7.97. The summed E-state index contributed by atoms with van der Waals surface area (Å²) in [5, 5.41) is 11.3. The number of nitrogens with zero attached hydrogens (tertiary/aromatic N) is 1. The molecule has 1 rings (SSSR count). The Morgan fingerprint density at radius 1 is 1.39 bits per heavy atom. The van der Waals surface area contributed by atoms with Crippen molar-refractivity contribution in [2.24, 2.45) is 16.3 Å². The fourth-order valence-electron chi connectivity index (χ4n) is 2.31. The van der Waals surface area contributed by atoms with Gasteiger partial charge in [-0.1, -0.05) is 27.2 Å². The Morgan fingerprint density at radius 2 is 1.94 bits per heavy atom. The molecule has 0 aromatic rings. The number of hydrogen-bond donors (Lipinski definition) is 2. The summed E-state index contributed by atoms with van der Waals surface area (Å²) in [6, 6.07) is -0.595. The molecule has 2 N–H and O–H groups in total. The van der Waals surface area contributed by atoms with Crippen molar-refractivity contribution in [2.75, 3.05) is 0 Å². The van der Waals surface area contributed by atoms with Gasteiger partial charge >= 0.3 is 29.6 Å². The van der Waals surface area contributed by atoms with Crippen LogP contribution in [0.5, 0.6) is 0 Å². The first-order valence-electron chi connectivity index (χ1n) is 5.62. The summed E-state index contributed by atoms with van der Waals surface area (Å²) in [7, 11) is 0. The zero-order valence-electron chi connectivity index (χ0n) is 9.91. The monoisotopic (exact) mass is 264 g/mol.